The fourth-order valence-electron chi connectivity index (χ4n) is 2.00. The van der Waals surface area contributed by atoms with E-state index >= 15 is 0 Å². The van der Waals surface area contributed by atoms with Crippen LogP contribution in [-0.4, -0.2) is 48.7 Å². The molecule has 3 N–H and O–H groups in total. The molecule has 0 aromatic heterocycles. The highest BCUT2D eigenvalue weighted by Gasteiger charge is 2.53. The third kappa shape index (κ3) is 4.65. The molecule has 1 aliphatic rings. The van der Waals surface area contributed by atoms with E-state index < -0.39 is 17.6 Å². The zero-order valence-electron chi connectivity index (χ0n) is 11.2. The van der Waals surface area contributed by atoms with E-state index in [1.165, 1.54) is 19.3 Å². The molecule has 0 aromatic rings. The minimum absolute atomic E-state index is 0.220. The van der Waals surface area contributed by atoms with Crippen LogP contribution in [0.4, 0.5) is 13.2 Å². The topological polar surface area (TPSA) is 58.4 Å². The second kappa shape index (κ2) is 6.56. The standard InChI is InChI=1S/C12H22F3N3O/c1-11(16,12(13,14)15)10(19)17-6-5-9-18-7-3-2-4-8-18/h2-9,16H2,1H3,(H,17,19). The van der Waals surface area contributed by atoms with Crippen molar-refractivity contribution in [2.45, 2.75) is 44.3 Å². The van der Waals surface area contributed by atoms with E-state index in [2.05, 4.69) is 10.2 Å². The summed E-state index contributed by atoms with van der Waals surface area (Å²) in [5.41, 5.74) is 2.19. The van der Waals surface area contributed by atoms with E-state index in [1.807, 2.05) is 0 Å². The number of hydrogen-bond acceptors (Lipinski definition) is 3. The molecular weight excluding hydrogens is 259 g/mol. The summed E-state index contributed by atoms with van der Waals surface area (Å²) in [6.45, 7) is 3.77. The molecule has 1 atom stereocenters. The maximum atomic E-state index is 12.5. The van der Waals surface area contributed by atoms with Crippen molar-refractivity contribution in [2.24, 2.45) is 5.73 Å². The van der Waals surface area contributed by atoms with E-state index in [9.17, 15) is 18.0 Å². The molecule has 4 nitrogen and oxygen atoms in total. The Bertz CT molecular complexity index is 299. The van der Waals surface area contributed by atoms with Crippen molar-refractivity contribution in [3.63, 3.8) is 0 Å². The first-order valence-electron chi connectivity index (χ1n) is 6.61. The van der Waals surface area contributed by atoms with Crippen LogP contribution in [0, 0.1) is 0 Å². The first-order chi connectivity index (χ1) is 8.75. The van der Waals surface area contributed by atoms with Crippen molar-refractivity contribution in [3.05, 3.63) is 0 Å². The van der Waals surface area contributed by atoms with Crippen LogP contribution in [0.15, 0.2) is 0 Å². The van der Waals surface area contributed by atoms with Crippen molar-refractivity contribution in [2.75, 3.05) is 26.2 Å². The number of hydrogen-bond donors (Lipinski definition) is 2. The summed E-state index contributed by atoms with van der Waals surface area (Å²) >= 11 is 0. The summed E-state index contributed by atoms with van der Waals surface area (Å²) in [4.78, 5) is 13.7. The van der Waals surface area contributed by atoms with Crippen LogP contribution < -0.4 is 11.1 Å². The lowest BCUT2D eigenvalue weighted by atomic mass is 10.0. The summed E-state index contributed by atoms with van der Waals surface area (Å²) in [6, 6.07) is 0. The first kappa shape index (κ1) is 16.2. The minimum Gasteiger partial charge on any atom is -0.354 e. The van der Waals surface area contributed by atoms with Gasteiger partial charge in [0, 0.05) is 6.54 Å². The largest absolute Gasteiger partial charge is 0.415 e. The Kier molecular flexibility index (Phi) is 5.61. The normalized spacial score (nSPS) is 20.9. The quantitative estimate of drug-likeness (QED) is 0.746. The molecule has 112 valence electrons. The van der Waals surface area contributed by atoms with E-state index in [-0.39, 0.29) is 6.54 Å². The van der Waals surface area contributed by atoms with Crippen LogP contribution in [0.2, 0.25) is 0 Å². The molecule has 0 bridgehead atoms. The monoisotopic (exact) mass is 281 g/mol. The summed E-state index contributed by atoms with van der Waals surface area (Å²) in [5, 5.41) is 2.26. The Labute approximate surface area is 111 Å². The van der Waals surface area contributed by atoms with Crippen LogP contribution in [-0.2, 0) is 4.79 Å². The highest BCUT2D eigenvalue weighted by Crippen LogP contribution is 2.27. The summed E-state index contributed by atoms with van der Waals surface area (Å²) in [7, 11) is 0. The van der Waals surface area contributed by atoms with Gasteiger partial charge in [-0.3, -0.25) is 4.79 Å². The molecule has 0 spiro atoms. The first-order valence-corrected chi connectivity index (χ1v) is 6.61. The number of piperidine rings is 1. The number of carbonyl (C=O) groups excluding carboxylic acids is 1. The average molecular weight is 281 g/mol. The summed E-state index contributed by atoms with van der Waals surface area (Å²) in [6.07, 6.45) is -0.517. The van der Waals surface area contributed by atoms with Gasteiger partial charge in [-0.05, 0) is 45.8 Å². The third-order valence-electron chi connectivity index (χ3n) is 3.45. The van der Waals surface area contributed by atoms with Gasteiger partial charge in [0.15, 0.2) is 5.54 Å². The fourth-order valence-corrected chi connectivity index (χ4v) is 2.00. The zero-order valence-corrected chi connectivity index (χ0v) is 11.2. The second-order valence-corrected chi connectivity index (χ2v) is 5.21. The van der Waals surface area contributed by atoms with E-state index in [0.717, 1.165) is 19.6 Å². The molecule has 7 heteroatoms. The molecule has 19 heavy (non-hydrogen) atoms. The number of nitrogens with two attached hydrogens (primary N) is 1. The minimum atomic E-state index is -4.73. The molecule has 1 saturated heterocycles. The molecule has 1 unspecified atom stereocenters. The lowest BCUT2D eigenvalue weighted by Gasteiger charge is -2.28. The summed E-state index contributed by atoms with van der Waals surface area (Å²) < 4.78 is 37.5. The Morgan fingerprint density at radius 1 is 1.26 bits per heavy atom. The van der Waals surface area contributed by atoms with Gasteiger partial charge in [-0.15, -0.1) is 0 Å². The van der Waals surface area contributed by atoms with Gasteiger partial charge in [0.25, 0.3) is 0 Å². The maximum absolute atomic E-state index is 12.5. The van der Waals surface area contributed by atoms with Gasteiger partial charge in [0.05, 0.1) is 0 Å². The maximum Gasteiger partial charge on any atom is 0.415 e. The predicted octanol–water partition coefficient (Wildman–Crippen LogP) is 1.26. The number of halogens is 3. The van der Waals surface area contributed by atoms with E-state index in [4.69, 9.17) is 5.73 Å². The number of alkyl halides is 3. The number of rotatable bonds is 5. The van der Waals surface area contributed by atoms with Crippen molar-refractivity contribution in [1.82, 2.24) is 10.2 Å². The molecule has 1 aliphatic heterocycles. The van der Waals surface area contributed by atoms with Crippen LogP contribution in [0.25, 0.3) is 0 Å². The van der Waals surface area contributed by atoms with Crippen molar-refractivity contribution in [1.29, 1.82) is 0 Å². The Morgan fingerprint density at radius 2 is 1.84 bits per heavy atom. The van der Waals surface area contributed by atoms with Crippen LogP contribution >= 0.6 is 0 Å². The average Bonchev–Trinajstić information content (AvgIpc) is 2.34. The summed E-state index contributed by atoms with van der Waals surface area (Å²) in [5.74, 6) is -1.17. The van der Waals surface area contributed by atoms with Gasteiger partial charge in [-0.1, -0.05) is 6.42 Å². The molecule has 0 radical (unpaired) electrons. The van der Waals surface area contributed by atoms with Crippen LogP contribution in [0.3, 0.4) is 0 Å². The SMILES string of the molecule is CC(N)(C(=O)NCCCN1CCCCC1)C(F)(F)F. The lowest BCUT2D eigenvalue weighted by molar-refractivity contribution is -0.187. The fraction of sp³-hybridized carbons (Fsp3) is 0.917. The van der Waals surface area contributed by atoms with Gasteiger partial charge in [0.1, 0.15) is 0 Å². The van der Waals surface area contributed by atoms with E-state index in [1.54, 1.807) is 0 Å². The van der Waals surface area contributed by atoms with Gasteiger partial charge >= 0.3 is 6.18 Å². The molecule has 1 amide bonds. The molecule has 0 saturated carbocycles. The Hall–Kier alpha value is -0.820. The number of nitrogens with one attached hydrogen (secondary N) is 1. The predicted molar refractivity (Wildman–Crippen MR) is 66.6 cm³/mol. The Balaban J connectivity index is 2.23. The van der Waals surface area contributed by atoms with Gasteiger partial charge in [-0.25, -0.2) is 0 Å². The zero-order chi connectivity index (χ0) is 14.5. The van der Waals surface area contributed by atoms with Crippen molar-refractivity contribution in [3.8, 4) is 0 Å². The highest BCUT2D eigenvalue weighted by molar-refractivity contribution is 5.86. The molecule has 0 aromatic carbocycles. The van der Waals surface area contributed by atoms with Gasteiger partial charge < -0.3 is 16.0 Å². The second-order valence-electron chi connectivity index (χ2n) is 5.21. The van der Waals surface area contributed by atoms with Crippen LogP contribution in [0.1, 0.15) is 32.6 Å². The molecule has 0 aliphatic carbocycles. The third-order valence-corrected chi connectivity index (χ3v) is 3.45. The highest BCUT2D eigenvalue weighted by atomic mass is 19.4. The van der Waals surface area contributed by atoms with Crippen LogP contribution in [0.5, 0.6) is 0 Å². The molecule has 1 rings (SSSR count). The number of amides is 1. The van der Waals surface area contributed by atoms with Gasteiger partial charge in [0.2, 0.25) is 5.91 Å². The van der Waals surface area contributed by atoms with E-state index in [0.29, 0.717) is 13.3 Å². The van der Waals surface area contributed by atoms with Crippen molar-refractivity contribution < 1.29 is 18.0 Å². The smallest absolute Gasteiger partial charge is 0.354 e. The number of nitrogens with zero attached hydrogens (tertiary/aromatic N) is 1. The van der Waals surface area contributed by atoms with Crippen molar-refractivity contribution >= 4 is 5.91 Å². The number of likely N-dealkylation sites (tertiary alicyclic amines) is 1. The molecular formula is C12H22F3N3O. The van der Waals surface area contributed by atoms with Gasteiger partial charge in [-0.2, -0.15) is 13.2 Å². The molecule has 1 fully saturated rings. The lowest BCUT2D eigenvalue weighted by Crippen LogP contribution is -2.61. The number of carbonyl (C=O) groups is 1. The molecule has 1 heterocycles. The Morgan fingerprint density at radius 3 is 2.37 bits per heavy atom.